The molecule has 0 bridgehead atoms. The van der Waals surface area contributed by atoms with Gasteiger partial charge in [-0.25, -0.2) is 4.79 Å². The van der Waals surface area contributed by atoms with E-state index in [1.807, 2.05) is 28.8 Å². The van der Waals surface area contributed by atoms with Gasteiger partial charge in [-0.2, -0.15) is 0 Å². The summed E-state index contributed by atoms with van der Waals surface area (Å²) >= 11 is 0. The lowest BCUT2D eigenvalue weighted by atomic mass is 9.99. The van der Waals surface area contributed by atoms with Crippen molar-refractivity contribution in [2.45, 2.75) is 37.9 Å². The zero-order chi connectivity index (χ0) is 21.8. The molecule has 3 aromatic carbocycles. The van der Waals surface area contributed by atoms with Crippen molar-refractivity contribution in [2.24, 2.45) is 0 Å². The number of para-hydroxylation sites is 2. The zero-order valence-corrected chi connectivity index (χ0v) is 17.8. The van der Waals surface area contributed by atoms with Gasteiger partial charge in [0, 0.05) is 25.2 Å². The molecule has 32 heavy (non-hydrogen) atoms. The first-order valence-corrected chi connectivity index (χ1v) is 11.3. The van der Waals surface area contributed by atoms with Gasteiger partial charge >= 0.3 is 11.7 Å². The molecule has 0 amide bonds. The Hall–Kier alpha value is -3.38. The van der Waals surface area contributed by atoms with Gasteiger partial charge in [-0.3, -0.25) is 18.8 Å². The molecule has 0 radical (unpaired) electrons. The Labute approximate surface area is 185 Å². The van der Waals surface area contributed by atoms with Crippen molar-refractivity contribution in [1.82, 2.24) is 14.0 Å². The minimum absolute atomic E-state index is 0.0817. The Morgan fingerprint density at radius 3 is 2.41 bits per heavy atom. The maximum Gasteiger partial charge on any atom is 0.329 e. The topological polar surface area (TPSA) is 67.5 Å². The highest BCUT2D eigenvalue weighted by Crippen LogP contribution is 2.41. The number of benzene rings is 3. The average Bonchev–Trinajstić information content (AvgIpc) is 3.31. The number of carbonyl (C=O) groups is 1. The van der Waals surface area contributed by atoms with Crippen molar-refractivity contribution in [3.8, 4) is 0 Å². The second-order valence-corrected chi connectivity index (χ2v) is 8.97. The molecule has 2 aliphatic rings. The number of aromatic nitrogens is 2. The number of likely N-dealkylation sites (tertiary alicyclic amines) is 1. The SMILES string of the molecule is O=C(O)Cn1c(=O)n(C2CCN([C@@H]3Cc4cccc5cccc3c45)CC2)c2ccccc21. The van der Waals surface area contributed by atoms with E-state index in [4.69, 9.17) is 0 Å². The summed E-state index contributed by atoms with van der Waals surface area (Å²) in [6.45, 7) is 1.53. The number of nitrogens with zero attached hydrogens (tertiary/aromatic N) is 3. The van der Waals surface area contributed by atoms with Crippen molar-refractivity contribution in [2.75, 3.05) is 13.1 Å². The number of aliphatic carboxylic acids is 1. The van der Waals surface area contributed by atoms with Crippen LogP contribution < -0.4 is 5.69 Å². The van der Waals surface area contributed by atoms with Crippen molar-refractivity contribution in [1.29, 1.82) is 0 Å². The molecule has 1 saturated heterocycles. The Kier molecular flexibility index (Phi) is 4.43. The molecule has 4 aromatic rings. The van der Waals surface area contributed by atoms with Gasteiger partial charge in [0.2, 0.25) is 0 Å². The quantitative estimate of drug-likeness (QED) is 0.535. The normalized spacial score (nSPS) is 19.2. The first kappa shape index (κ1) is 19.3. The summed E-state index contributed by atoms with van der Waals surface area (Å²) < 4.78 is 3.22. The number of carboxylic acid groups (broad SMARTS) is 1. The Balaban J connectivity index is 1.28. The average molecular weight is 428 g/mol. The number of hydrogen-bond acceptors (Lipinski definition) is 3. The first-order valence-electron chi connectivity index (χ1n) is 11.3. The zero-order valence-electron chi connectivity index (χ0n) is 17.8. The van der Waals surface area contributed by atoms with Gasteiger partial charge in [-0.15, -0.1) is 0 Å². The van der Waals surface area contributed by atoms with Crippen LogP contribution in [0.3, 0.4) is 0 Å². The van der Waals surface area contributed by atoms with Gasteiger partial charge in [0.15, 0.2) is 0 Å². The number of imidazole rings is 1. The lowest BCUT2D eigenvalue weighted by Gasteiger charge is -2.36. The minimum atomic E-state index is -1.00. The molecule has 1 aliphatic heterocycles. The number of hydrogen-bond donors (Lipinski definition) is 1. The molecule has 6 nitrogen and oxygen atoms in total. The van der Waals surface area contributed by atoms with E-state index in [1.54, 1.807) is 0 Å². The highest BCUT2D eigenvalue weighted by Gasteiger charge is 2.33. The third-order valence-electron chi connectivity index (χ3n) is 7.26. The monoisotopic (exact) mass is 427 g/mol. The molecule has 1 N–H and O–H groups in total. The molecule has 1 aromatic heterocycles. The molecule has 1 aliphatic carbocycles. The summed E-state index contributed by atoms with van der Waals surface area (Å²) in [5.41, 5.74) is 4.16. The minimum Gasteiger partial charge on any atom is -0.480 e. The summed E-state index contributed by atoms with van der Waals surface area (Å²) in [5.74, 6) is -1.00. The number of fused-ring (bicyclic) bond motifs is 1. The molecule has 0 saturated carbocycles. The van der Waals surface area contributed by atoms with Gasteiger partial charge in [-0.05, 0) is 53.3 Å². The summed E-state index contributed by atoms with van der Waals surface area (Å²) in [5, 5.41) is 12.0. The largest absolute Gasteiger partial charge is 0.480 e. The molecule has 1 atom stereocenters. The smallest absolute Gasteiger partial charge is 0.329 e. The van der Waals surface area contributed by atoms with Crippen molar-refractivity contribution in [3.05, 3.63) is 82.3 Å². The van der Waals surface area contributed by atoms with Crippen LogP contribution in [0.25, 0.3) is 21.8 Å². The first-order chi connectivity index (χ1) is 15.6. The Morgan fingerprint density at radius 1 is 0.938 bits per heavy atom. The fraction of sp³-hybridized carbons (Fsp3) is 0.308. The molecule has 2 heterocycles. The van der Waals surface area contributed by atoms with E-state index in [0.717, 1.165) is 37.9 Å². The molecule has 6 rings (SSSR count). The van der Waals surface area contributed by atoms with Gasteiger partial charge in [0.1, 0.15) is 6.54 Å². The lowest BCUT2D eigenvalue weighted by Crippen LogP contribution is -2.40. The third-order valence-corrected chi connectivity index (χ3v) is 7.26. The summed E-state index contributed by atoms with van der Waals surface area (Å²) in [6.07, 6.45) is 2.80. The van der Waals surface area contributed by atoms with Crippen LogP contribution in [-0.2, 0) is 17.8 Å². The van der Waals surface area contributed by atoms with Gasteiger partial charge < -0.3 is 5.11 Å². The molecule has 162 valence electrons. The molecule has 0 spiro atoms. The maximum atomic E-state index is 13.2. The van der Waals surface area contributed by atoms with Gasteiger partial charge in [0.25, 0.3) is 0 Å². The van der Waals surface area contributed by atoms with Crippen LogP contribution in [0, 0.1) is 0 Å². The Morgan fingerprint density at radius 2 is 1.66 bits per heavy atom. The third kappa shape index (κ3) is 2.90. The molecular weight excluding hydrogens is 402 g/mol. The maximum absolute atomic E-state index is 13.2. The van der Waals surface area contributed by atoms with Crippen LogP contribution >= 0.6 is 0 Å². The van der Waals surface area contributed by atoms with Crippen LogP contribution in [-0.4, -0.2) is 38.2 Å². The second-order valence-electron chi connectivity index (χ2n) is 8.97. The van der Waals surface area contributed by atoms with E-state index in [9.17, 15) is 14.7 Å². The number of piperidine rings is 1. The van der Waals surface area contributed by atoms with Crippen molar-refractivity contribution < 1.29 is 9.90 Å². The highest BCUT2D eigenvalue weighted by atomic mass is 16.4. The molecule has 6 heteroatoms. The standard InChI is InChI=1S/C26H25N3O3/c30-24(31)16-28-21-9-1-2-10-22(21)29(26(28)32)19-11-13-27(14-12-19)23-15-18-7-3-5-17-6-4-8-20(23)25(17)18/h1-10,19,23H,11-16H2,(H,30,31)/t23-/m1/s1. The highest BCUT2D eigenvalue weighted by molar-refractivity contribution is 5.91. The molecular formula is C26H25N3O3. The number of carboxylic acids is 1. The van der Waals surface area contributed by atoms with E-state index >= 15 is 0 Å². The van der Waals surface area contributed by atoms with Gasteiger partial charge in [0.05, 0.1) is 11.0 Å². The predicted octanol–water partition coefficient (Wildman–Crippen LogP) is 3.98. The Bertz CT molecular complexity index is 1400. The van der Waals surface area contributed by atoms with Crippen LogP contribution in [0.5, 0.6) is 0 Å². The fourth-order valence-corrected chi connectivity index (χ4v) is 5.87. The second kappa shape index (κ2) is 7.35. The van der Waals surface area contributed by atoms with E-state index in [1.165, 1.54) is 26.5 Å². The van der Waals surface area contributed by atoms with Crippen molar-refractivity contribution in [3.63, 3.8) is 0 Å². The summed E-state index contributed by atoms with van der Waals surface area (Å²) in [6, 6.07) is 21.2. The summed E-state index contributed by atoms with van der Waals surface area (Å²) in [4.78, 5) is 27.1. The van der Waals surface area contributed by atoms with Crippen LogP contribution in [0.1, 0.15) is 36.1 Å². The lowest BCUT2D eigenvalue weighted by molar-refractivity contribution is -0.137. The van der Waals surface area contributed by atoms with E-state index in [2.05, 4.69) is 41.3 Å². The van der Waals surface area contributed by atoms with Crippen LogP contribution in [0.4, 0.5) is 0 Å². The van der Waals surface area contributed by atoms with E-state index in [0.29, 0.717) is 11.6 Å². The summed E-state index contributed by atoms with van der Waals surface area (Å²) in [7, 11) is 0. The fourth-order valence-electron chi connectivity index (χ4n) is 5.87. The van der Waals surface area contributed by atoms with Crippen molar-refractivity contribution >= 4 is 27.8 Å². The molecule has 1 fully saturated rings. The molecule has 0 unspecified atom stereocenters. The van der Waals surface area contributed by atoms with E-state index < -0.39 is 5.97 Å². The van der Waals surface area contributed by atoms with Crippen LogP contribution in [0.2, 0.25) is 0 Å². The van der Waals surface area contributed by atoms with Crippen LogP contribution in [0.15, 0.2) is 65.5 Å². The number of rotatable bonds is 4. The van der Waals surface area contributed by atoms with Gasteiger partial charge in [-0.1, -0.05) is 48.5 Å². The van der Waals surface area contributed by atoms with E-state index in [-0.39, 0.29) is 18.3 Å². The predicted molar refractivity (Wildman–Crippen MR) is 124 cm³/mol.